The smallest absolute Gasteiger partial charge is 0.261 e. The Hall–Kier alpha value is -3.72. The number of fused-ring (bicyclic) bond motifs is 1. The molecular formula is C23H21ClN6O3. The van der Waals surface area contributed by atoms with Gasteiger partial charge in [0.05, 0.1) is 30.8 Å². The van der Waals surface area contributed by atoms with Gasteiger partial charge in [-0.1, -0.05) is 22.9 Å². The van der Waals surface area contributed by atoms with Crippen LogP contribution in [0.15, 0.2) is 53.5 Å². The van der Waals surface area contributed by atoms with Gasteiger partial charge in [-0.05, 0) is 43.2 Å². The molecule has 0 aliphatic heterocycles. The van der Waals surface area contributed by atoms with E-state index in [9.17, 15) is 9.59 Å². The van der Waals surface area contributed by atoms with Crippen molar-refractivity contribution in [3.63, 3.8) is 0 Å². The van der Waals surface area contributed by atoms with Crippen LogP contribution in [0.2, 0.25) is 5.02 Å². The molecule has 10 heteroatoms. The Bertz CT molecular complexity index is 1410. The van der Waals surface area contributed by atoms with Crippen molar-refractivity contribution in [2.75, 3.05) is 12.4 Å². The molecule has 9 nitrogen and oxygen atoms in total. The maximum absolute atomic E-state index is 13.2. The quantitative estimate of drug-likeness (QED) is 0.450. The molecule has 1 aliphatic carbocycles. The Kier molecular flexibility index (Phi) is 5.55. The first kappa shape index (κ1) is 21.1. The largest absolute Gasteiger partial charge is 0.497 e. The number of anilines is 1. The maximum atomic E-state index is 13.2. The van der Waals surface area contributed by atoms with E-state index in [1.165, 1.54) is 4.68 Å². The summed E-state index contributed by atoms with van der Waals surface area (Å²) in [6.07, 6.45) is 3.67. The number of carbonyl (C=O) groups is 1. The molecule has 0 unspecified atom stereocenters. The normalized spacial score (nSPS) is 13.3. The monoisotopic (exact) mass is 464 g/mol. The molecule has 1 saturated carbocycles. The Morgan fingerprint density at radius 2 is 2.09 bits per heavy atom. The first-order chi connectivity index (χ1) is 16.0. The average Bonchev–Trinajstić information content (AvgIpc) is 3.56. The Balaban J connectivity index is 1.35. The van der Waals surface area contributed by atoms with Gasteiger partial charge in [0.15, 0.2) is 0 Å². The second-order valence-electron chi connectivity index (χ2n) is 7.98. The van der Waals surface area contributed by atoms with E-state index >= 15 is 0 Å². The number of methoxy groups -OCH3 is 1. The summed E-state index contributed by atoms with van der Waals surface area (Å²) in [6, 6.07) is 12.2. The standard InChI is InChI=1S/C23H21ClN6O3/c1-33-18-4-2-3-16(10-18)25-21(31)13-29-11-17(27-28-29)12-30-22(14-5-6-14)26-20-8-7-15(24)9-19(20)23(30)32/h2-4,7-11,14H,5-6,12-13H2,1H3,(H,25,31). The van der Waals surface area contributed by atoms with Gasteiger partial charge in [0, 0.05) is 22.7 Å². The predicted octanol–water partition coefficient (Wildman–Crippen LogP) is 3.21. The molecule has 2 aromatic carbocycles. The lowest BCUT2D eigenvalue weighted by Crippen LogP contribution is -2.26. The number of hydrogen-bond donors (Lipinski definition) is 1. The SMILES string of the molecule is COc1cccc(NC(=O)Cn2cc(Cn3c(C4CC4)nc4ccc(Cl)cc4c3=O)nn2)c1. The van der Waals surface area contributed by atoms with Crippen molar-refractivity contribution in [1.29, 1.82) is 0 Å². The molecule has 1 fully saturated rings. The van der Waals surface area contributed by atoms with Crippen LogP contribution in [0.3, 0.4) is 0 Å². The predicted molar refractivity (Wildman–Crippen MR) is 124 cm³/mol. The van der Waals surface area contributed by atoms with Crippen LogP contribution in [0.25, 0.3) is 10.9 Å². The molecule has 0 saturated heterocycles. The van der Waals surface area contributed by atoms with Gasteiger partial charge >= 0.3 is 0 Å². The van der Waals surface area contributed by atoms with E-state index < -0.39 is 0 Å². The highest BCUT2D eigenvalue weighted by molar-refractivity contribution is 6.31. The molecule has 0 radical (unpaired) electrons. The number of ether oxygens (including phenoxy) is 1. The molecule has 168 valence electrons. The van der Waals surface area contributed by atoms with Gasteiger partial charge in [0.1, 0.15) is 23.8 Å². The van der Waals surface area contributed by atoms with Gasteiger partial charge in [-0.25, -0.2) is 9.67 Å². The lowest BCUT2D eigenvalue weighted by Gasteiger charge is -2.12. The maximum Gasteiger partial charge on any atom is 0.261 e. The summed E-state index contributed by atoms with van der Waals surface area (Å²) in [5, 5.41) is 12.0. The van der Waals surface area contributed by atoms with Gasteiger partial charge in [-0.3, -0.25) is 14.2 Å². The van der Waals surface area contributed by atoms with E-state index in [1.54, 1.807) is 60.3 Å². The summed E-state index contributed by atoms with van der Waals surface area (Å²) in [7, 11) is 1.57. The number of halogens is 1. The number of hydrogen-bond acceptors (Lipinski definition) is 6. The Morgan fingerprint density at radius 1 is 1.24 bits per heavy atom. The number of rotatable bonds is 7. The van der Waals surface area contributed by atoms with Crippen LogP contribution < -0.4 is 15.6 Å². The van der Waals surface area contributed by atoms with Crippen LogP contribution in [0.5, 0.6) is 5.75 Å². The molecule has 0 spiro atoms. The van der Waals surface area contributed by atoms with Crippen LogP contribution >= 0.6 is 11.6 Å². The zero-order valence-electron chi connectivity index (χ0n) is 17.9. The van der Waals surface area contributed by atoms with E-state index in [2.05, 4.69) is 15.6 Å². The fourth-order valence-electron chi connectivity index (χ4n) is 3.71. The first-order valence-corrected chi connectivity index (χ1v) is 10.9. The summed E-state index contributed by atoms with van der Waals surface area (Å²) in [6.45, 7) is 0.206. The van der Waals surface area contributed by atoms with Crippen LogP contribution in [0.1, 0.15) is 30.3 Å². The third-order valence-corrected chi connectivity index (χ3v) is 5.69. The third-order valence-electron chi connectivity index (χ3n) is 5.45. The number of nitrogens with zero attached hydrogens (tertiary/aromatic N) is 5. The summed E-state index contributed by atoms with van der Waals surface area (Å²) < 4.78 is 8.25. The summed E-state index contributed by atoms with van der Waals surface area (Å²) in [4.78, 5) is 30.4. The molecular weight excluding hydrogens is 444 g/mol. The molecule has 2 aromatic heterocycles. The molecule has 1 N–H and O–H groups in total. The molecule has 33 heavy (non-hydrogen) atoms. The van der Waals surface area contributed by atoms with Crippen LogP contribution in [-0.4, -0.2) is 37.6 Å². The number of nitrogens with one attached hydrogen (secondary N) is 1. The molecule has 1 aliphatic rings. The van der Waals surface area contributed by atoms with E-state index in [1.807, 2.05) is 0 Å². The molecule has 5 rings (SSSR count). The van der Waals surface area contributed by atoms with Crippen molar-refractivity contribution >= 4 is 34.1 Å². The number of carbonyl (C=O) groups excluding carboxylic acids is 1. The van der Waals surface area contributed by atoms with Crippen molar-refractivity contribution in [3.8, 4) is 5.75 Å². The molecule has 4 aromatic rings. The Morgan fingerprint density at radius 3 is 2.88 bits per heavy atom. The van der Waals surface area contributed by atoms with Crippen molar-refractivity contribution in [2.24, 2.45) is 0 Å². The van der Waals surface area contributed by atoms with E-state index in [-0.39, 0.29) is 30.5 Å². The second kappa shape index (κ2) is 8.67. The van der Waals surface area contributed by atoms with E-state index in [4.69, 9.17) is 21.3 Å². The minimum absolute atomic E-state index is 0.0137. The fraction of sp³-hybridized carbons (Fsp3) is 0.261. The number of amides is 1. The van der Waals surface area contributed by atoms with Gasteiger partial charge in [-0.2, -0.15) is 0 Å². The number of benzene rings is 2. The van der Waals surface area contributed by atoms with Crippen LogP contribution in [0, 0.1) is 0 Å². The van der Waals surface area contributed by atoms with Gasteiger partial charge in [-0.15, -0.1) is 5.10 Å². The third kappa shape index (κ3) is 4.58. The Labute approximate surface area is 194 Å². The van der Waals surface area contributed by atoms with Crippen LogP contribution in [0.4, 0.5) is 5.69 Å². The summed E-state index contributed by atoms with van der Waals surface area (Å²) in [5.74, 6) is 1.41. The topological polar surface area (TPSA) is 104 Å². The lowest BCUT2D eigenvalue weighted by atomic mass is 10.2. The molecule has 0 atom stereocenters. The molecule has 2 heterocycles. The molecule has 1 amide bonds. The zero-order chi connectivity index (χ0) is 22.9. The number of aromatic nitrogens is 5. The second-order valence-corrected chi connectivity index (χ2v) is 8.42. The van der Waals surface area contributed by atoms with Crippen molar-refractivity contribution in [1.82, 2.24) is 24.5 Å². The molecule has 0 bridgehead atoms. The van der Waals surface area contributed by atoms with Crippen molar-refractivity contribution < 1.29 is 9.53 Å². The van der Waals surface area contributed by atoms with Gasteiger partial charge in [0.2, 0.25) is 5.91 Å². The van der Waals surface area contributed by atoms with Crippen molar-refractivity contribution in [2.45, 2.75) is 31.8 Å². The minimum Gasteiger partial charge on any atom is -0.497 e. The average molecular weight is 465 g/mol. The first-order valence-electron chi connectivity index (χ1n) is 10.5. The van der Waals surface area contributed by atoms with Gasteiger partial charge < -0.3 is 10.1 Å². The zero-order valence-corrected chi connectivity index (χ0v) is 18.6. The van der Waals surface area contributed by atoms with Crippen LogP contribution in [-0.2, 0) is 17.9 Å². The van der Waals surface area contributed by atoms with E-state index in [0.29, 0.717) is 33.1 Å². The summed E-state index contributed by atoms with van der Waals surface area (Å²) >= 11 is 6.10. The fourth-order valence-corrected chi connectivity index (χ4v) is 3.89. The van der Waals surface area contributed by atoms with E-state index in [0.717, 1.165) is 18.7 Å². The highest BCUT2D eigenvalue weighted by Gasteiger charge is 2.29. The lowest BCUT2D eigenvalue weighted by molar-refractivity contribution is -0.116. The van der Waals surface area contributed by atoms with Crippen molar-refractivity contribution in [3.05, 3.63) is 75.6 Å². The highest BCUT2D eigenvalue weighted by atomic mass is 35.5. The minimum atomic E-state index is -0.252. The van der Waals surface area contributed by atoms with Gasteiger partial charge in [0.25, 0.3) is 5.56 Å². The summed E-state index contributed by atoms with van der Waals surface area (Å²) in [5.41, 5.74) is 1.67. The highest BCUT2D eigenvalue weighted by Crippen LogP contribution is 2.39.